The van der Waals surface area contributed by atoms with Gasteiger partial charge in [0.25, 0.3) is 5.91 Å². The van der Waals surface area contributed by atoms with Gasteiger partial charge in [0.2, 0.25) is 0 Å². The molecule has 0 saturated heterocycles. The second kappa shape index (κ2) is 10.2. The van der Waals surface area contributed by atoms with Crippen molar-refractivity contribution < 1.29 is 13.9 Å². The third-order valence-electron chi connectivity index (χ3n) is 4.99. The summed E-state index contributed by atoms with van der Waals surface area (Å²) in [6.07, 6.45) is 1.70. The molecule has 33 heavy (non-hydrogen) atoms. The molecule has 0 aliphatic carbocycles. The number of ether oxygens (including phenoxy) is 1. The standard InChI is InChI=1S/C25H20BrClFN3O2/c1-16-12-20(10-11-22(16)27)33-15-17-6-8-18(9-7-17)25(32)29-24-21(26)14-31(30-24)13-19-4-2-3-5-23(19)28/h2-12,14H,13,15H2,1H3,(H,29,30,32). The summed E-state index contributed by atoms with van der Waals surface area (Å²) in [5.41, 5.74) is 2.87. The molecule has 8 heteroatoms. The van der Waals surface area contributed by atoms with Crippen LogP contribution in [0.1, 0.15) is 27.0 Å². The Morgan fingerprint density at radius 2 is 1.91 bits per heavy atom. The quantitative estimate of drug-likeness (QED) is 0.293. The van der Waals surface area contributed by atoms with Gasteiger partial charge in [-0.2, -0.15) is 5.10 Å². The molecule has 0 aliphatic rings. The number of hydrogen-bond acceptors (Lipinski definition) is 3. The first-order valence-corrected chi connectivity index (χ1v) is 11.3. The van der Waals surface area contributed by atoms with E-state index >= 15 is 0 Å². The molecule has 5 nitrogen and oxygen atoms in total. The van der Waals surface area contributed by atoms with Gasteiger partial charge in [0, 0.05) is 22.3 Å². The Kier molecular flexibility index (Phi) is 7.11. The van der Waals surface area contributed by atoms with Gasteiger partial charge >= 0.3 is 0 Å². The van der Waals surface area contributed by atoms with Crippen LogP contribution in [0.25, 0.3) is 0 Å². The van der Waals surface area contributed by atoms with Crippen LogP contribution in [-0.2, 0) is 13.2 Å². The Bertz CT molecular complexity index is 1290. The molecule has 1 aromatic heterocycles. The highest BCUT2D eigenvalue weighted by molar-refractivity contribution is 9.10. The van der Waals surface area contributed by atoms with Crippen LogP contribution in [0.3, 0.4) is 0 Å². The van der Waals surface area contributed by atoms with Gasteiger partial charge in [-0.05, 0) is 70.4 Å². The van der Waals surface area contributed by atoms with Crippen LogP contribution in [0.2, 0.25) is 5.02 Å². The number of benzene rings is 3. The van der Waals surface area contributed by atoms with Crippen LogP contribution in [0, 0.1) is 12.7 Å². The predicted octanol–water partition coefficient (Wildman–Crippen LogP) is 6.63. The second-order valence-corrected chi connectivity index (χ2v) is 8.73. The number of rotatable bonds is 7. The average Bonchev–Trinajstić information content (AvgIpc) is 3.15. The van der Waals surface area contributed by atoms with E-state index in [9.17, 15) is 9.18 Å². The van der Waals surface area contributed by atoms with Gasteiger partial charge in [0.05, 0.1) is 11.0 Å². The average molecular weight is 529 g/mol. The largest absolute Gasteiger partial charge is 0.489 e. The van der Waals surface area contributed by atoms with Crippen LogP contribution >= 0.6 is 27.5 Å². The molecule has 168 valence electrons. The van der Waals surface area contributed by atoms with Gasteiger partial charge in [-0.15, -0.1) is 0 Å². The summed E-state index contributed by atoms with van der Waals surface area (Å²) in [6.45, 7) is 2.54. The maximum atomic E-state index is 13.9. The highest BCUT2D eigenvalue weighted by atomic mass is 79.9. The van der Waals surface area contributed by atoms with Crippen LogP contribution in [0.4, 0.5) is 10.2 Å². The Morgan fingerprint density at radius 1 is 1.15 bits per heavy atom. The van der Waals surface area contributed by atoms with Gasteiger partial charge in [0.15, 0.2) is 5.82 Å². The molecule has 0 fully saturated rings. The van der Waals surface area contributed by atoms with E-state index in [1.807, 2.05) is 31.2 Å². The second-order valence-electron chi connectivity index (χ2n) is 7.47. The number of carbonyl (C=O) groups is 1. The van der Waals surface area contributed by atoms with Crippen molar-refractivity contribution in [2.45, 2.75) is 20.1 Å². The summed E-state index contributed by atoms with van der Waals surface area (Å²) in [4.78, 5) is 12.7. The van der Waals surface area contributed by atoms with E-state index in [1.54, 1.807) is 47.3 Å². The number of aryl methyl sites for hydroxylation is 1. The molecular formula is C25H20BrClFN3O2. The molecule has 1 N–H and O–H groups in total. The minimum absolute atomic E-state index is 0.253. The third kappa shape index (κ3) is 5.80. The first-order valence-electron chi connectivity index (χ1n) is 10.1. The minimum atomic E-state index is -0.301. The van der Waals surface area contributed by atoms with E-state index in [4.69, 9.17) is 16.3 Å². The fraction of sp³-hybridized carbons (Fsp3) is 0.120. The number of halogens is 3. The zero-order chi connectivity index (χ0) is 23.4. The number of anilines is 1. The Labute approximate surface area is 204 Å². The lowest BCUT2D eigenvalue weighted by atomic mass is 10.1. The van der Waals surface area contributed by atoms with Crippen LogP contribution in [0.15, 0.2) is 77.4 Å². The van der Waals surface area contributed by atoms with Crippen molar-refractivity contribution in [3.8, 4) is 5.75 Å². The van der Waals surface area contributed by atoms with Gasteiger partial charge in [-0.25, -0.2) is 4.39 Å². The number of hydrogen-bond donors (Lipinski definition) is 1. The Morgan fingerprint density at radius 3 is 2.64 bits per heavy atom. The maximum Gasteiger partial charge on any atom is 0.256 e. The lowest BCUT2D eigenvalue weighted by Crippen LogP contribution is -2.13. The van der Waals surface area contributed by atoms with Gasteiger partial charge in [-0.3, -0.25) is 9.48 Å². The van der Waals surface area contributed by atoms with E-state index in [-0.39, 0.29) is 18.3 Å². The van der Waals surface area contributed by atoms with E-state index in [0.29, 0.717) is 33.0 Å². The molecule has 0 bridgehead atoms. The molecule has 0 unspecified atom stereocenters. The van der Waals surface area contributed by atoms with Crippen molar-refractivity contribution in [2.24, 2.45) is 0 Å². The number of nitrogens with one attached hydrogen (secondary N) is 1. The first-order chi connectivity index (χ1) is 15.9. The zero-order valence-corrected chi connectivity index (χ0v) is 20.0. The van der Waals surface area contributed by atoms with Crippen molar-refractivity contribution in [1.82, 2.24) is 9.78 Å². The van der Waals surface area contributed by atoms with Crippen LogP contribution in [0.5, 0.6) is 5.75 Å². The summed E-state index contributed by atoms with van der Waals surface area (Å²) < 4.78 is 21.9. The van der Waals surface area contributed by atoms with E-state index < -0.39 is 0 Å². The Hall–Kier alpha value is -3.16. The lowest BCUT2D eigenvalue weighted by molar-refractivity contribution is 0.102. The number of aromatic nitrogens is 2. The molecule has 3 aromatic carbocycles. The lowest BCUT2D eigenvalue weighted by Gasteiger charge is -2.09. The van der Waals surface area contributed by atoms with E-state index in [1.165, 1.54) is 6.07 Å². The van der Waals surface area contributed by atoms with Gasteiger partial charge < -0.3 is 10.1 Å². The zero-order valence-electron chi connectivity index (χ0n) is 17.7. The molecule has 4 aromatic rings. The van der Waals surface area contributed by atoms with Crippen molar-refractivity contribution in [3.05, 3.63) is 110 Å². The first kappa shape index (κ1) is 23.0. The SMILES string of the molecule is Cc1cc(OCc2ccc(C(=O)Nc3nn(Cc4ccccc4F)cc3Br)cc2)ccc1Cl. The molecule has 0 saturated carbocycles. The normalized spacial score (nSPS) is 10.8. The predicted molar refractivity (Wildman–Crippen MR) is 130 cm³/mol. The van der Waals surface area contributed by atoms with Crippen LogP contribution in [-0.4, -0.2) is 15.7 Å². The summed E-state index contributed by atoms with van der Waals surface area (Å²) in [5, 5.41) is 7.82. The minimum Gasteiger partial charge on any atom is -0.489 e. The molecule has 0 spiro atoms. The monoisotopic (exact) mass is 527 g/mol. The maximum absolute atomic E-state index is 13.9. The van der Waals surface area contributed by atoms with Gasteiger partial charge in [-0.1, -0.05) is 41.9 Å². The van der Waals surface area contributed by atoms with Gasteiger partial charge in [0.1, 0.15) is 18.2 Å². The molecule has 0 aliphatic heterocycles. The number of nitrogens with zero attached hydrogens (tertiary/aromatic N) is 2. The highest BCUT2D eigenvalue weighted by Crippen LogP contribution is 2.23. The fourth-order valence-electron chi connectivity index (χ4n) is 3.17. The molecular weight excluding hydrogens is 509 g/mol. The number of carbonyl (C=O) groups excluding carboxylic acids is 1. The van der Waals surface area contributed by atoms with Crippen molar-refractivity contribution in [2.75, 3.05) is 5.32 Å². The molecule has 1 heterocycles. The van der Waals surface area contributed by atoms with E-state index in [2.05, 4.69) is 26.3 Å². The van der Waals surface area contributed by atoms with Crippen molar-refractivity contribution in [1.29, 1.82) is 0 Å². The Balaban J connectivity index is 1.37. The molecule has 0 radical (unpaired) electrons. The van der Waals surface area contributed by atoms with Crippen molar-refractivity contribution >= 4 is 39.3 Å². The summed E-state index contributed by atoms with van der Waals surface area (Å²) in [6, 6.07) is 19.1. The molecule has 0 atom stereocenters. The van der Waals surface area contributed by atoms with Crippen molar-refractivity contribution in [3.63, 3.8) is 0 Å². The highest BCUT2D eigenvalue weighted by Gasteiger charge is 2.13. The topological polar surface area (TPSA) is 56.1 Å². The number of amides is 1. The molecule has 1 amide bonds. The molecule has 4 rings (SSSR count). The summed E-state index contributed by atoms with van der Waals surface area (Å²) >= 11 is 9.44. The van der Waals surface area contributed by atoms with Crippen LogP contribution < -0.4 is 10.1 Å². The summed E-state index contributed by atoms with van der Waals surface area (Å²) in [7, 11) is 0. The smallest absolute Gasteiger partial charge is 0.256 e. The third-order valence-corrected chi connectivity index (χ3v) is 5.99. The van der Waals surface area contributed by atoms with E-state index in [0.717, 1.165) is 16.9 Å². The fourth-order valence-corrected chi connectivity index (χ4v) is 3.70. The summed E-state index contributed by atoms with van der Waals surface area (Å²) in [5.74, 6) is 0.494.